The number of imidazole rings is 3. The fraction of sp³-hybridized carbons (Fsp3) is 0.194. The molecule has 23 nitrogen and oxygen atoms in total. The molecule has 15 aromatic rings. The number of halogens is 4. The SMILES string of the molecule is C=C(C)c1cnc2c(NCCc3c[nH]c4cccc(F)c34)nc(-c3cnc(C)nc3)cn12.C=C(C)c1cnc2c(NCCc3c[nH]c4cccc(F)c34)nc(Br)cn12.Cc1ncc(-c2cn3c(C(C)C)cnc3c(NCCc3c[nH]c4cccc(F)c34)n2)cn1.Cc1ncc(B(O)O)cn1. The lowest BCUT2D eigenvalue weighted by Crippen LogP contribution is -2.30. The standard InChI is InChI=1S/C24H24FN7.C24H22FN7.C19H17BrFN5.C5H7BN2O2/c2*1-14(2)21-12-30-24-23(31-20(13-32(21)24)17-10-27-15(3)28-11-17)26-8-7-16-9-29-19-6-4-5-18(25)22(16)19;1-11(2)15-9-24-19-18(25-16(20)10-26(15)19)22-7-6-12-8-23-14-5-3-4-13(21)17(12)14;1-4-7-2-5(3-8-4)6(9)10/h4-6,9-14,29H,7-8H2,1-3H3,(H,26,31);4-6,9-13,29H,1,7-8H2,2-3H3,(H,26,31);3-5,8-10,23H,1,6-7H2,2H3,(H,22,25);2-3,9-10H,1H3. The summed E-state index contributed by atoms with van der Waals surface area (Å²) < 4.78 is 49.4. The molecule has 12 aromatic heterocycles. The van der Waals surface area contributed by atoms with Crippen molar-refractivity contribution < 1.29 is 23.2 Å². The Kier molecular flexibility index (Phi) is 20.6. The van der Waals surface area contributed by atoms with Crippen molar-refractivity contribution in [3.05, 3.63) is 234 Å². The van der Waals surface area contributed by atoms with E-state index in [-0.39, 0.29) is 17.5 Å². The van der Waals surface area contributed by atoms with E-state index in [0.717, 1.165) is 95.3 Å². The molecule has 0 unspecified atom stereocenters. The largest absolute Gasteiger partial charge is 0.491 e. The number of nitrogens with one attached hydrogen (secondary N) is 6. The number of aromatic nitrogens is 18. The van der Waals surface area contributed by atoms with Gasteiger partial charge in [-0.05, 0) is 140 Å². The lowest BCUT2D eigenvalue weighted by molar-refractivity contribution is 0.425. The molecule has 0 bridgehead atoms. The first-order valence-electron chi connectivity index (χ1n) is 32.1. The predicted octanol–water partition coefficient (Wildman–Crippen LogP) is 13.0. The minimum Gasteiger partial charge on any atom is -0.423 e. The zero-order valence-electron chi connectivity index (χ0n) is 55.8. The third-order valence-corrected chi connectivity index (χ3v) is 16.8. The maximum Gasteiger partial charge on any atom is 0.491 e. The van der Waals surface area contributed by atoms with Crippen molar-refractivity contribution in [2.45, 2.75) is 73.6 Å². The average Bonchev–Trinajstić information content (AvgIpc) is 1.50. The Morgan fingerprint density at radius 2 is 0.860 bits per heavy atom. The van der Waals surface area contributed by atoms with Crippen molar-refractivity contribution in [3.63, 3.8) is 0 Å². The van der Waals surface area contributed by atoms with Gasteiger partial charge in [0.15, 0.2) is 34.4 Å². The van der Waals surface area contributed by atoms with Crippen LogP contribution in [0.15, 0.2) is 165 Å². The van der Waals surface area contributed by atoms with E-state index in [4.69, 9.17) is 20.0 Å². The van der Waals surface area contributed by atoms with Gasteiger partial charge in [-0.2, -0.15) is 0 Å². The van der Waals surface area contributed by atoms with E-state index in [1.54, 1.807) is 62.3 Å². The van der Waals surface area contributed by atoms with Gasteiger partial charge >= 0.3 is 7.12 Å². The van der Waals surface area contributed by atoms with Crippen molar-refractivity contribution >= 4 is 107 Å². The van der Waals surface area contributed by atoms with Crippen LogP contribution in [0.5, 0.6) is 0 Å². The van der Waals surface area contributed by atoms with E-state index in [1.165, 1.54) is 30.6 Å². The highest BCUT2D eigenvalue weighted by Crippen LogP contribution is 2.30. The molecule has 15 rings (SSSR count). The maximum absolute atomic E-state index is 14.3. The monoisotopic (exact) mass is 1410 g/mol. The fourth-order valence-corrected chi connectivity index (χ4v) is 11.8. The molecule has 0 radical (unpaired) electrons. The number of allylic oxidation sites excluding steroid dienone is 2. The van der Waals surface area contributed by atoms with Crippen LogP contribution in [0, 0.1) is 38.2 Å². The second-order valence-corrected chi connectivity index (χ2v) is 24.9. The van der Waals surface area contributed by atoms with E-state index in [0.29, 0.717) is 112 Å². The number of hydrogen-bond acceptors (Lipinski definition) is 17. The third-order valence-electron chi connectivity index (χ3n) is 16.5. The molecule has 0 atom stereocenters. The number of fused-ring (bicyclic) bond motifs is 6. The van der Waals surface area contributed by atoms with Gasteiger partial charge in [0.1, 0.15) is 39.5 Å². The first-order valence-corrected chi connectivity index (χ1v) is 32.8. The molecule has 0 aliphatic rings. The van der Waals surface area contributed by atoms with Crippen LogP contribution in [0.4, 0.5) is 30.6 Å². The Morgan fingerprint density at radius 1 is 0.500 bits per heavy atom. The van der Waals surface area contributed by atoms with Crippen LogP contribution < -0.4 is 21.4 Å². The summed E-state index contributed by atoms with van der Waals surface area (Å²) in [6, 6.07) is 15.2. The summed E-state index contributed by atoms with van der Waals surface area (Å²) in [6.07, 6.45) is 28.6. The Morgan fingerprint density at radius 3 is 1.25 bits per heavy atom. The van der Waals surface area contributed by atoms with Crippen molar-refractivity contribution in [1.82, 2.24) is 88.0 Å². The normalized spacial score (nSPS) is 11.3. The summed E-state index contributed by atoms with van der Waals surface area (Å²) in [5.41, 5.74) is 15.6. The van der Waals surface area contributed by atoms with Gasteiger partial charge < -0.3 is 41.0 Å². The topological polar surface area (TPSA) is 292 Å². The summed E-state index contributed by atoms with van der Waals surface area (Å²) in [4.78, 5) is 61.8. The molecule has 0 fully saturated rings. The molecule has 3 aromatic carbocycles. The van der Waals surface area contributed by atoms with E-state index in [1.807, 2.05) is 98.1 Å². The molecular formula is C72H70BBrF3N21O2. The number of benzene rings is 3. The number of nitrogens with zero attached hydrogens (tertiary/aromatic N) is 15. The van der Waals surface area contributed by atoms with Crippen LogP contribution in [0.2, 0.25) is 0 Å². The highest BCUT2D eigenvalue weighted by atomic mass is 79.9. The second-order valence-electron chi connectivity index (χ2n) is 24.1. The summed E-state index contributed by atoms with van der Waals surface area (Å²) in [7, 11) is -1.47. The number of aromatic amines is 3. The van der Waals surface area contributed by atoms with Gasteiger partial charge in [-0.15, -0.1) is 0 Å². The van der Waals surface area contributed by atoms with Crippen LogP contribution in [0.1, 0.15) is 84.9 Å². The number of aryl methyl sites for hydroxylation is 3. The maximum atomic E-state index is 14.3. The Hall–Kier alpha value is -11.5. The molecule has 12 heterocycles. The van der Waals surface area contributed by atoms with Gasteiger partial charge in [0, 0.05) is 155 Å². The molecule has 506 valence electrons. The molecule has 0 aliphatic heterocycles. The zero-order chi connectivity index (χ0) is 70.3. The average molecular weight is 1410 g/mol. The van der Waals surface area contributed by atoms with Gasteiger partial charge in [0.2, 0.25) is 0 Å². The third kappa shape index (κ3) is 15.1. The number of anilines is 3. The molecule has 28 heteroatoms. The molecular weight excluding hydrogens is 1340 g/mol. The predicted molar refractivity (Wildman–Crippen MR) is 390 cm³/mol. The van der Waals surface area contributed by atoms with E-state index >= 15 is 0 Å². The highest BCUT2D eigenvalue weighted by Gasteiger charge is 2.20. The fourth-order valence-electron chi connectivity index (χ4n) is 11.4. The quantitative estimate of drug-likeness (QED) is 0.0370. The van der Waals surface area contributed by atoms with Gasteiger partial charge in [-0.25, -0.2) is 73.0 Å². The summed E-state index contributed by atoms with van der Waals surface area (Å²) >= 11 is 3.44. The van der Waals surface area contributed by atoms with Crippen LogP contribution in [-0.4, -0.2) is 125 Å². The minimum atomic E-state index is -1.47. The van der Waals surface area contributed by atoms with E-state index < -0.39 is 7.12 Å². The zero-order valence-corrected chi connectivity index (χ0v) is 57.4. The summed E-state index contributed by atoms with van der Waals surface area (Å²) in [5, 5.41) is 29.2. The van der Waals surface area contributed by atoms with E-state index in [9.17, 15) is 13.2 Å². The Labute approximate surface area is 580 Å². The Balaban J connectivity index is 0.000000133. The number of H-pyrrole nitrogens is 3. The molecule has 0 saturated heterocycles. The van der Waals surface area contributed by atoms with Crippen molar-refractivity contribution in [3.8, 4) is 22.5 Å². The molecule has 0 aliphatic carbocycles. The van der Waals surface area contributed by atoms with Gasteiger partial charge in [0.05, 0.1) is 35.2 Å². The van der Waals surface area contributed by atoms with Gasteiger partial charge in [0.25, 0.3) is 0 Å². The highest BCUT2D eigenvalue weighted by molar-refractivity contribution is 9.10. The van der Waals surface area contributed by atoms with Crippen LogP contribution in [0.25, 0.3) is 83.3 Å². The number of rotatable bonds is 18. The first kappa shape index (κ1) is 68.5. The molecule has 0 amide bonds. The number of hydrogen-bond donors (Lipinski definition) is 8. The molecule has 8 N–H and O–H groups in total. The first-order chi connectivity index (χ1) is 48.3. The molecule has 0 spiro atoms. The van der Waals surface area contributed by atoms with Crippen LogP contribution in [0.3, 0.4) is 0 Å². The molecule has 100 heavy (non-hydrogen) atoms. The van der Waals surface area contributed by atoms with Crippen LogP contribution >= 0.6 is 15.9 Å². The van der Waals surface area contributed by atoms with Crippen molar-refractivity contribution in [2.75, 3.05) is 35.6 Å². The van der Waals surface area contributed by atoms with Crippen molar-refractivity contribution in [1.29, 1.82) is 0 Å². The minimum absolute atomic E-state index is 0.207. The van der Waals surface area contributed by atoms with Crippen LogP contribution in [-0.2, 0) is 19.3 Å². The Bertz CT molecular complexity index is 5430. The summed E-state index contributed by atoms with van der Waals surface area (Å²) in [5.74, 6) is 3.67. The van der Waals surface area contributed by atoms with Gasteiger partial charge in [-0.3, -0.25) is 13.2 Å². The van der Waals surface area contributed by atoms with E-state index in [2.05, 4.69) is 128 Å². The lowest BCUT2D eigenvalue weighted by atomic mass is 9.83. The smallest absolute Gasteiger partial charge is 0.423 e. The van der Waals surface area contributed by atoms with Crippen molar-refractivity contribution in [2.24, 2.45) is 0 Å². The second kappa shape index (κ2) is 30.1. The summed E-state index contributed by atoms with van der Waals surface area (Å²) in [6.45, 7) is 23.4. The lowest BCUT2D eigenvalue weighted by Gasteiger charge is -2.12. The molecule has 0 saturated carbocycles. The van der Waals surface area contributed by atoms with Gasteiger partial charge in [-0.1, -0.05) is 45.2 Å².